The van der Waals surface area contributed by atoms with Crippen LogP contribution in [0.25, 0.3) is 5.69 Å². The molecule has 0 N–H and O–H groups in total. The van der Waals surface area contributed by atoms with Crippen molar-refractivity contribution >= 4 is 11.6 Å². The Balaban J connectivity index is 2.75. The average Bonchev–Trinajstić information content (AvgIpc) is 2.31. The topological polar surface area (TPSA) is 22.0 Å². The third-order valence-corrected chi connectivity index (χ3v) is 2.93. The van der Waals surface area contributed by atoms with Crippen LogP contribution in [-0.2, 0) is 5.88 Å². The summed E-state index contributed by atoms with van der Waals surface area (Å²) >= 11 is 5.62. The van der Waals surface area contributed by atoms with E-state index in [9.17, 15) is 13.6 Å². The first kappa shape index (κ1) is 12.8. The maximum Gasteiger partial charge on any atom is 0.186 e. The average molecular weight is 270 g/mol. The summed E-state index contributed by atoms with van der Waals surface area (Å²) in [7, 11) is 0. The molecule has 0 spiro atoms. The molecule has 94 valence electrons. The van der Waals surface area contributed by atoms with E-state index in [1.807, 2.05) is 0 Å². The van der Waals surface area contributed by atoms with Gasteiger partial charge in [-0.25, -0.2) is 8.78 Å². The Morgan fingerprint density at radius 3 is 2.44 bits per heavy atom. The molecular weight excluding hydrogens is 260 g/mol. The van der Waals surface area contributed by atoms with Gasteiger partial charge in [0.2, 0.25) is 0 Å². The Morgan fingerprint density at radius 2 is 1.89 bits per heavy atom. The quantitative estimate of drug-likeness (QED) is 0.768. The maximum atomic E-state index is 13.7. The lowest BCUT2D eigenvalue weighted by Crippen LogP contribution is -2.14. The monoisotopic (exact) mass is 269 g/mol. The SMILES string of the molecule is Cc1cc(=O)c(CCl)cn1-c1c(F)cccc1F. The van der Waals surface area contributed by atoms with Gasteiger partial charge in [-0.15, -0.1) is 11.6 Å². The fourth-order valence-electron chi connectivity index (χ4n) is 1.73. The molecule has 1 heterocycles. The van der Waals surface area contributed by atoms with Crippen LogP contribution in [0.5, 0.6) is 0 Å². The number of hydrogen-bond donors (Lipinski definition) is 0. The zero-order chi connectivity index (χ0) is 13.3. The molecule has 0 aliphatic carbocycles. The molecule has 0 amide bonds. The fourth-order valence-corrected chi connectivity index (χ4v) is 1.93. The molecule has 0 bridgehead atoms. The first-order valence-electron chi connectivity index (χ1n) is 5.27. The zero-order valence-electron chi connectivity index (χ0n) is 9.58. The van der Waals surface area contributed by atoms with E-state index < -0.39 is 11.6 Å². The molecule has 0 fully saturated rings. The Morgan fingerprint density at radius 1 is 1.28 bits per heavy atom. The molecule has 0 atom stereocenters. The number of alkyl halides is 1. The Labute approximate surface area is 107 Å². The van der Waals surface area contributed by atoms with Crippen molar-refractivity contribution in [2.75, 3.05) is 0 Å². The van der Waals surface area contributed by atoms with Crippen LogP contribution in [0.2, 0.25) is 0 Å². The molecule has 2 rings (SSSR count). The standard InChI is InChI=1S/C13H10ClF2NO/c1-8-5-12(18)9(6-14)7-17(8)13-10(15)3-2-4-11(13)16/h2-5,7H,6H2,1H3. The van der Waals surface area contributed by atoms with Crippen LogP contribution in [0.3, 0.4) is 0 Å². The lowest BCUT2D eigenvalue weighted by molar-refractivity contribution is 0.566. The second-order valence-electron chi connectivity index (χ2n) is 3.88. The van der Waals surface area contributed by atoms with Crippen molar-refractivity contribution in [1.82, 2.24) is 4.57 Å². The van der Waals surface area contributed by atoms with Gasteiger partial charge in [0, 0.05) is 23.5 Å². The zero-order valence-corrected chi connectivity index (χ0v) is 10.3. The van der Waals surface area contributed by atoms with Crippen molar-refractivity contribution in [2.24, 2.45) is 0 Å². The first-order valence-corrected chi connectivity index (χ1v) is 5.80. The summed E-state index contributed by atoms with van der Waals surface area (Å²) in [6, 6.07) is 4.92. The second kappa shape index (κ2) is 4.90. The van der Waals surface area contributed by atoms with Gasteiger partial charge in [0.1, 0.15) is 17.3 Å². The van der Waals surface area contributed by atoms with Gasteiger partial charge in [0.05, 0.1) is 5.88 Å². The summed E-state index contributed by atoms with van der Waals surface area (Å²) in [6.07, 6.45) is 1.37. The highest BCUT2D eigenvalue weighted by Crippen LogP contribution is 2.19. The molecule has 0 radical (unpaired) electrons. The van der Waals surface area contributed by atoms with Crippen molar-refractivity contribution in [3.63, 3.8) is 0 Å². The van der Waals surface area contributed by atoms with E-state index in [-0.39, 0.29) is 17.0 Å². The maximum absolute atomic E-state index is 13.7. The lowest BCUT2D eigenvalue weighted by atomic mass is 10.2. The molecule has 1 aromatic carbocycles. The number of rotatable bonds is 2. The van der Waals surface area contributed by atoms with E-state index in [1.54, 1.807) is 6.92 Å². The van der Waals surface area contributed by atoms with E-state index in [1.165, 1.54) is 22.9 Å². The summed E-state index contributed by atoms with van der Waals surface area (Å²) in [5, 5.41) is 0. The van der Waals surface area contributed by atoms with Crippen LogP contribution in [0.1, 0.15) is 11.3 Å². The fraction of sp³-hybridized carbons (Fsp3) is 0.154. The molecular formula is C13H10ClF2NO. The van der Waals surface area contributed by atoms with E-state index in [0.717, 1.165) is 12.1 Å². The summed E-state index contributed by atoms with van der Waals surface area (Å²) in [6.45, 7) is 1.60. The molecule has 0 unspecified atom stereocenters. The van der Waals surface area contributed by atoms with Crippen molar-refractivity contribution in [1.29, 1.82) is 0 Å². The smallest absolute Gasteiger partial charge is 0.186 e. The van der Waals surface area contributed by atoms with Crippen molar-refractivity contribution in [3.05, 3.63) is 63.6 Å². The summed E-state index contributed by atoms with van der Waals surface area (Å²) in [4.78, 5) is 11.5. The molecule has 0 saturated heterocycles. The minimum absolute atomic E-state index is 0.00478. The molecule has 0 aliphatic rings. The Kier molecular flexibility index (Phi) is 3.48. The molecule has 1 aromatic heterocycles. The Hall–Kier alpha value is -1.68. The number of benzene rings is 1. The Bertz CT molecular complexity index is 632. The highest BCUT2D eigenvalue weighted by atomic mass is 35.5. The highest BCUT2D eigenvalue weighted by molar-refractivity contribution is 6.17. The van der Waals surface area contributed by atoms with E-state index in [4.69, 9.17) is 11.6 Å². The summed E-state index contributed by atoms with van der Waals surface area (Å²) in [5.41, 5.74) is 0.291. The highest BCUT2D eigenvalue weighted by Gasteiger charge is 2.13. The van der Waals surface area contributed by atoms with Gasteiger partial charge in [-0.05, 0) is 19.1 Å². The van der Waals surface area contributed by atoms with Crippen LogP contribution in [0.15, 0.2) is 35.3 Å². The van der Waals surface area contributed by atoms with Gasteiger partial charge in [0.15, 0.2) is 5.43 Å². The first-order chi connectivity index (χ1) is 8.54. The van der Waals surface area contributed by atoms with Crippen LogP contribution >= 0.6 is 11.6 Å². The number of aryl methyl sites for hydroxylation is 1. The van der Waals surface area contributed by atoms with E-state index in [2.05, 4.69) is 0 Å². The molecule has 0 aliphatic heterocycles. The number of nitrogens with zero attached hydrogens (tertiary/aromatic N) is 1. The lowest BCUT2D eigenvalue weighted by Gasteiger charge is -2.13. The molecule has 0 saturated carbocycles. The van der Waals surface area contributed by atoms with Crippen molar-refractivity contribution < 1.29 is 8.78 Å². The third-order valence-electron chi connectivity index (χ3n) is 2.64. The molecule has 5 heteroatoms. The normalized spacial score (nSPS) is 10.7. The largest absolute Gasteiger partial charge is 0.316 e. The van der Waals surface area contributed by atoms with Gasteiger partial charge < -0.3 is 4.57 Å². The number of aromatic nitrogens is 1. The predicted molar refractivity (Wildman–Crippen MR) is 66.2 cm³/mol. The predicted octanol–water partition coefficient (Wildman–Crippen LogP) is 3.16. The second-order valence-corrected chi connectivity index (χ2v) is 4.15. The number of halogens is 3. The molecule has 2 nitrogen and oxygen atoms in total. The number of para-hydroxylation sites is 1. The van der Waals surface area contributed by atoms with E-state index in [0.29, 0.717) is 11.3 Å². The summed E-state index contributed by atoms with van der Waals surface area (Å²) in [5.74, 6) is -1.39. The van der Waals surface area contributed by atoms with Gasteiger partial charge in [-0.1, -0.05) is 6.07 Å². The number of hydrogen-bond acceptors (Lipinski definition) is 1. The van der Waals surface area contributed by atoms with Crippen LogP contribution < -0.4 is 5.43 Å². The minimum atomic E-state index is -0.692. The van der Waals surface area contributed by atoms with Crippen molar-refractivity contribution in [3.8, 4) is 5.69 Å². The van der Waals surface area contributed by atoms with Crippen LogP contribution in [-0.4, -0.2) is 4.57 Å². The molecule has 18 heavy (non-hydrogen) atoms. The third kappa shape index (κ3) is 2.16. The van der Waals surface area contributed by atoms with Gasteiger partial charge in [0.25, 0.3) is 0 Å². The van der Waals surface area contributed by atoms with Gasteiger partial charge in [-0.2, -0.15) is 0 Å². The van der Waals surface area contributed by atoms with Crippen LogP contribution in [0, 0.1) is 18.6 Å². The van der Waals surface area contributed by atoms with Gasteiger partial charge in [-0.3, -0.25) is 4.79 Å². The molecule has 2 aromatic rings. The minimum Gasteiger partial charge on any atom is -0.316 e. The van der Waals surface area contributed by atoms with Crippen LogP contribution in [0.4, 0.5) is 8.78 Å². The number of pyridine rings is 1. The van der Waals surface area contributed by atoms with Crippen molar-refractivity contribution in [2.45, 2.75) is 12.8 Å². The van der Waals surface area contributed by atoms with Gasteiger partial charge >= 0.3 is 0 Å². The van der Waals surface area contributed by atoms with E-state index >= 15 is 0 Å². The summed E-state index contributed by atoms with van der Waals surface area (Å²) < 4.78 is 28.7.